The molecule has 0 heterocycles. The predicted molar refractivity (Wildman–Crippen MR) is 67.0 cm³/mol. The number of nitrogens with zero attached hydrogens (tertiary/aromatic N) is 1. The molecule has 0 aliphatic heterocycles. The van der Waals surface area contributed by atoms with Gasteiger partial charge in [-0.1, -0.05) is 13.5 Å². The molecule has 7 heteroatoms. The van der Waals surface area contributed by atoms with Crippen LogP contribution in [0.2, 0.25) is 0 Å². The lowest BCUT2D eigenvalue weighted by atomic mass is 10.4. The fourth-order valence-electron chi connectivity index (χ4n) is 0.742. The minimum atomic E-state index is -0.597. The third-order valence-corrected chi connectivity index (χ3v) is 1.60. The zero-order chi connectivity index (χ0) is 12.4. The minimum absolute atomic E-state index is 0.115. The van der Waals surface area contributed by atoms with Crippen LogP contribution in [-0.4, -0.2) is 23.6 Å². The van der Waals surface area contributed by atoms with Gasteiger partial charge in [0.2, 0.25) is 0 Å². The molecule has 0 radical (unpaired) electrons. The number of nitrogens with one attached hydrogen (secondary N) is 3. The number of carbonyl (C=O) groups is 1. The molecule has 16 heavy (non-hydrogen) atoms. The molecule has 0 aliphatic carbocycles. The third-order valence-electron chi connectivity index (χ3n) is 1.39. The van der Waals surface area contributed by atoms with E-state index in [-0.39, 0.29) is 5.11 Å². The molecule has 90 valence electrons. The van der Waals surface area contributed by atoms with E-state index < -0.39 is 6.09 Å². The Balaban J connectivity index is 3.93. The zero-order valence-corrected chi connectivity index (χ0v) is 10.2. The molecule has 0 spiro atoms. The Morgan fingerprint density at radius 1 is 1.50 bits per heavy atom. The van der Waals surface area contributed by atoms with E-state index in [1.165, 1.54) is 6.20 Å². The number of alkyl carbamates (subject to hydrolysis) is 1. The van der Waals surface area contributed by atoms with E-state index in [4.69, 9.17) is 12.2 Å². The van der Waals surface area contributed by atoms with Gasteiger partial charge < -0.3 is 4.74 Å². The lowest BCUT2D eigenvalue weighted by Crippen LogP contribution is -2.48. The van der Waals surface area contributed by atoms with Crippen LogP contribution < -0.4 is 16.2 Å². The SMILES string of the molecule is C=CN=C(CC)NNC(=S)NC(=O)OCC. The number of ether oxygens (including phenoxy) is 1. The van der Waals surface area contributed by atoms with Gasteiger partial charge in [-0.3, -0.25) is 16.2 Å². The number of hydrogen-bond donors (Lipinski definition) is 3. The van der Waals surface area contributed by atoms with Crippen molar-refractivity contribution in [2.24, 2.45) is 4.99 Å². The Morgan fingerprint density at radius 2 is 2.19 bits per heavy atom. The van der Waals surface area contributed by atoms with Gasteiger partial charge in [0.25, 0.3) is 0 Å². The summed E-state index contributed by atoms with van der Waals surface area (Å²) in [5.74, 6) is 0.656. The van der Waals surface area contributed by atoms with E-state index in [0.29, 0.717) is 18.9 Å². The predicted octanol–water partition coefficient (Wildman–Crippen LogP) is 1.06. The summed E-state index contributed by atoms with van der Waals surface area (Å²) in [6, 6.07) is 0. The molecule has 0 aromatic carbocycles. The van der Waals surface area contributed by atoms with Crippen LogP contribution in [0.5, 0.6) is 0 Å². The van der Waals surface area contributed by atoms with Crippen LogP contribution in [-0.2, 0) is 4.74 Å². The van der Waals surface area contributed by atoms with Crippen molar-refractivity contribution in [3.8, 4) is 0 Å². The number of carbonyl (C=O) groups excluding carboxylic acids is 1. The first kappa shape index (κ1) is 14.4. The fraction of sp³-hybridized carbons (Fsp3) is 0.444. The van der Waals surface area contributed by atoms with E-state index >= 15 is 0 Å². The molecule has 0 atom stereocenters. The van der Waals surface area contributed by atoms with Gasteiger partial charge in [0.15, 0.2) is 5.11 Å². The second-order valence-corrected chi connectivity index (χ2v) is 2.94. The Bertz CT molecular complexity index is 291. The van der Waals surface area contributed by atoms with Gasteiger partial charge in [0.1, 0.15) is 5.84 Å². The van der Waals surface area contributed by atoms with Crippen molar-refractivity contribution < 1.29 is 9.53 Å². The van der Waals surface area contributed by atoms with Gasteiger partial charge in [0, 0.05) is 12.6 Å². The van der Waals surface area contributed by atoms with E-state index in [0.717, 1.165) is 0 Å². The molecule has 0 bridgehead atoms. The second kappa shape index (κ2) is 8.66. The maximum atomic E-state index is 11.0. The van der Waals surface area contributed by atoms with Gasteiger partial charge in [-0.05, 0) is 19.1 Å². The number of thiocarbonyl (C=S) groups is 1. The first-order valence-electron chi connectivity index (χ1n) is 4.81. The van der Waals surface area contributed by atoms with Crippen molar-refractivity contribution in [2.75, 3.05) is 6.61 Å². The Hall–Kier alpha value is -1.63. The van der Waals surface area contributed by atoms with Crippen molar-refractivity contribution in [3.63, 3.8) is 0 Å². The molecule has 0 aromatic rings. The molecule has 0 aliphatic rings. The van der Waals surface area contributed by atoms with Crippen LogP contribution in [0.3, 0.4) is 0 Å². The Kier molecular flexibility index (Phi) is 7.78. The highest BCUT2D eigenvalue weighted by Gasteiger charge is 2.03. The first-order valence-corrected chi connectivity index (χ1v) is 5.22. The topological polar surface area (TPSA) is 74.8 Å². The second-order valence-electron chi connectivity index (χ2n) is 2.54. The van der Waals surface area contributed by atoms with E-state index in [9.17, 15) is 4.79 Å². The number of amidine groups is 1. The van der Waals surface area contributed by atoms with Gasteiger partial charge >= 0.3 is 6.09 Å². The number of hydrazine groups is 1. The van der Waals surface area contributed by atoms with E-state index in [1.807, 2.05) is 6.92 Å². The van der Waals surface area contributed by atoms with Crippen LogP contribution in [0.4, 0.5) is 4.79 Å². The Morgan fingerprint density at radius 3 is 2.69 bits per heavy atom. The monoisotopic (exact) mass is 244 g/mol. The van der Waals surface area contributed by atoms with Gasteiger partial charge in [0.05, 0.1) is 6.61 Å². The summed E-state index contributed by atoms with van der Waals surface area (Å²) in [6.45, 7) is 7.39. The molecular weight excluding hydrogens is 228 g/mol. The molecule has 0 rings (SSSR count). The van der Waals surface area contributed by atoms with Gasteiger partial charge in [-0.2, -0.15) is 0 Å². The maximum absolute atomic E-state index is 11.0. The van der Waals surface area contributed by atoms with E-state index in [1.54, 1.807) is 6.92 Å². The molecule has 0 saturated heterocycles. The average molecular weight is 244 g/mol. The van der Waals surface area contributed by atoms with Crippen LogP contribution in [0, 0.1) is 0 Å². The molecule has 0 saturated carbocycles. The lowest BCUT2D eigenvalue weighted by Gasteiger charge is -2.11. The normalized spacial score (nSPS) is 10.2. The van der Waals surface area contributed by atoms with E-state index in [2.05, 4.69) is 32.5 Å². The lowest BCUT2D eigenvalue weighted by molar-refractivity contribution is 0.157. The number of hydrogen-bond acceptors (Lipinski definition) is 4. The number of amides is 1. The van der Waals surface area contributed by atoms with Crippen LogP contribution in [0.25, 0.3) is 0 Å². The smallest absolute Gasteiger partial charge is 0.413 e. The molecule has 0 unspecified atom stereocenters. The minimum Gasteiger partial charge on any atom is -0.450 e. The standard InChI is InChI=1S/C9H16N4O2S/c1-4-7(10-5-2)12-13-8(16)11-9(14)15-6-3/h5H,2,4,6H2,1,3H3,(H,10,12)(H2,11,13,14,16). The summed E-state index contributed by atoms with van der Waals surface area (Å²) in [6.07, 6.45) is 1.50. The molecular formula is C9H16N4O2S. The summed E-state index contributed by atoms with van der Waals surface area (Å²) >= 11 is 4.83. The summed E-state index contributed by atoms with van der Waals surface area (Å²) in [4.78, 5) is 14.9. The summed E-state index contributed by atoms with van der Waals surface area (Å²) in [5.41, 5.74) is 5.33. The average Bonchev–Trinajstić information content (AvgIpc) is 2.24. The summed E-state index contributed by atoms with van der Waals surface area (Å²) < 4.78 is 4.64. The van der Waals surface area contributed by atoms with Crippen molar-refractivity contribution in [1.82, 2.24) is 16.2 Å². The van der Waals surface area contributed by atoms with Crippen LogP contribution >= 0.6 is 12.2 Å². The van der Waals surface area contributed by atoms with Gasteiger partial charge in [-0.25, -0.2) is 9.79 Å². The highest BCUT2D eigenvalue weighted by atomic mass is 32.1. The number of aliphatic imine (C=N–C) groups is 1. The van der Waals surface area contributed by atoms with Crippen molar-refractivity contribution in [2.45, 2.75) is 20.3 Å². The highest BCUT2D eigenvalue weighted by molar-refractivity contribution is 7.80. The molecule has 3 N–H and O–H groups in total. The molecule has 1 amide bonds. The molecule has 0 aromatic heterocycles. The first-order chi connectivity index (χ1) is 7.63. The summed E-state index contributed by atoms with van der Waals surface area (Å²) in [7, 11) is 0. The summed E-state index contributed by atoms with van der Waals surface area (Å²) in [5, 5.41) is 2.43. The van der Waals surface area contributed by atoms with Crippen LogP contribution in [0.15, 0.2) is 17.8 Å². The van der Waals surface area contributed by atoms with Gasteiger partial charge in [-0.15, -0.1) is 0 Å². The van der Waals surface area contributed by atoms with Crippen molar-refractivity contribution in [1.29, 1.82) is 0 Å². The molecule has 6 nitrogen and oxygen atoms in total. The maximum Gasteiger partial charge on any atom is 0.413 e. The largest absolute Gasteiger partial charge is 0.450 e. The third kappa shape index (κ3) is 6.77. The highest BCUT2D eigenvalue weighted by Crippen LogP contribution is 1.81. The number of rotatable bonds is 3. The quantitative estimate of drug-likeness (QED) is 0.300. The molecule has 0 fully saturated rings. The van der Waals surface area contributed by atoms with Crippen molar-refractivity contribution >= 4 is 29.3 Å². The Labute approximate surface area is 100 Å². The fourth-order valence-corrected chi connectivity index (χ4v) is 0.877. The van der Waals surface area contributed by atoms with Crippen molar-refractivity contribution in [3.05, 3.63) is 12.8 Å². The zero-order valence-electron chi connectivity index (χ0n) is 9.37. The van der Waals surface area contributed by atoms with Crippen LogP contribution in [0.1, 0.15) is 20.3 Å².